The van der Waals surface area contributed by atoms with Crippen LogP contribution >= 0.6 is 0 Å². The Morgan fingerprint density at radius 1 is 1.10 bits per heavy atom. The van der Waals surface area contributed by atoms with Gasteiger partial charge in [0.1, 0.15) is 0 Å². The van der Waals surface area contributed by atoms with Crippen LogP contribution in [0.4, 0.5) is 0 Å². The van der Waals surface area contributed by atoms with Crippen molar-refractivity contribution in [3.63, 3.8) is 0 Å². The molecule has 4 saturated carbocycles. The molecule has 0 aromatic rings. The fourth-order valence-electron chi connectivity index (χ4n) is 8.74. The molecule has 0 aromatic carbocycles. The van der Waals surface area contributed by atoms with E-state index in [1.54, 1.807) is 0 Å². The van der Waals surface area contributed by atoms with Crippen LogP contribution in [0.25, 0.3) is 0 Å². The van der Waals surface area contributed by atoms with Crippen LogP contribution in [0.1, 0.15) is 78.6 Å². The fourth-order valence-corrected chi connectivity index (χ4v) is 8.74. The summed E-state index contributed by atoms with van der Waals surface area (Å²) in [5, 5.41) is 31.9. The molecule has 4 fully saturated rings. The molecule has 166 valence electrons. The summed E-state index contributed by atoms with van der Waals surface area (Å²) in [6.07, 6.45) is 7.09. The maximum absolute atomic E-state index is 11.5. The number of aliphatic hydroxyl groups is 2. The van der Waals surface area contributed by atoms with Crippen LogP contribution in [-0.4, -0.2) is 39.5 Å². The Bertz CT molecular complexity index is 640. The first kappa shape index (κ1) is 21.6. The first-order valence-electron chi connectivity index (χ1n) is 11.9. The number of carboxylic acid groups (broad SMARTS) is 1. The number of hydrogen-bond acceptors (Lipinski definition) is 4. The zero-order chi connectivity index (χ0) is 21.1. The second kappa shape index (κ2) is 7.49. The second-order valence-corrected chi connectivity index (χ2v) is 11.5. The Balaban J connectivity index is 1.61. The highest BCUT2D eigenvalue weighted by atomic mass is 16.4. The van der Waals surface area contributed by atoms with Crippen molar-refractivity contribution in [2.24, 2.45) is 52.1 Å². The number of rotatable bonds is 4. The zero-order valence-electron chi connectivity index (χ0n) is 18.4. The molecule has 0 bridgehead atoms. The van der Waals surface area contributed by atoms with E-state index >= 15 is 0 Å². The summed E-state index contributed by atoms with van der Waals surface area (Å²) in [7, 11) is 0. The van der Waals surface area contributed by atoms with Crippen molar-refractivity contribution in [3.8, 4) is 0 Å². The van der Waals surface area contributed by atoms with Crippen LogP contribution < -0.4 is 5.73 Å². The average Bonchev–Trinajstić information content (AvgIpc) is 3.01. The van der Waals surface area contributed by atoms with E-state index < -0.39 is 5.97 Å². The van der Waals surface area contributed by atoms with Crippen molar-refractivity contribution in [1.82, 2.24) is 0 Å². The molecule has 29 heavy (non-hydrogen) atoms. The Labute approximate surface area is 175 Å². The number of hydrogen-bond donors (Lipinski definition) is 4. The van der Waals surface area contributed by atoms with Crippen molar-refractivity contribution in [2.45, 2.75) is 96.8 Å². The summed E-state index contributed by atoms with van der Waals surface area (Å²) >= 11 is 0. The van der Waals surface area contributed by atoms with Crippen molar-refractivity contribution < 1.29 is 20.1 Å². The van der Waals surface area contributed by atoms with Crippen LogP contribution in [0.5, 0.6) is 0 Å². The third-order valence-electron chi connectivity index (χ3n) is 10.4. The van der Waals surface area contributed by atoms with Gasteiger partial charge in [0.2, 0.25) is 0 Å². The third-order valence-corrected chi connectivity index (χ3v) is 10.4. The molecule has 4 aliphatic carbocycles. The zero-order valence-corrected chi connectivity index (χ0v) is 18.4. The van der Waals surface area contributed by atoms with E-state index in [9.17, 15) is 15.0 Å². The van der Waals surface area contributed by atoms with Crippen molar-refractivity contribution in [1.29, 1.82) is 0 Å². The Kier molecular flexibility index (Phi) is 5.57. The van der Waals surface area contributed by atoms with Gasteiger partial charge in [-0.25, -0.2) is 0 Å². The number of carbonyl (C=O) groups is 1. The molecule has 11 atom stereocenters. The predicted molar refractivity (Wildman–Crippen MR) is 112 cm³/mol. The predicted octanol–water partition coefficient (Wildman–Crippen LogP) is 3.42. The molecule has 0 spiro atoms. The van der Waals surface area contributed by atoms with E-state index in [4.69, 9.17) is 10.8 Å². The highest BCUT2D eigenvalue weighted by Gasteiger charge is 2.65. The fraction of sp³-hybridized carbons (Fsp3) is 0.958. The standard InChI is InChI=1S/C24H41NO4/c1-13(4-7-21(28)29)16-5-6-17-22-18(12-20(27)24(16,17)3)23(2)9-8-15(25)10-14(23)11-19(22)26/h13-20,22,26-27H,4-12,25H2,1-3H3,(H,28,29)/t13-,14?,15?,16-,17+,18+,19?,20?,22+,23+,24-/m1/s1. The van der Waals surface area contributed by atoms with E-state index in [1.807, 2.05) is 0 Å². The lowest BCUT2D eigenvalue weighted by molar-refractivity contribution is -0.202. The Morgan fingerprint density at radius 3 is 2.52 bits per heavy atom. The highest BCUT2D eigenvalue weighted by molar-refractivity contribution is 5.66. The lowest BCUT2D eigenvalue weighted by Gasteiger charge is -2.63. The molecule has 5 N–H and O–H groups in total. The molecule has 5 heteroatoms. The molecule has 0 radical (unpaired) electrons. The van der Waals surface area contributed by atoms with E-state index in [0.717, 1.165) is 44.9 Å². The second-order valence-electron chi connectivity index (χ2n) is 11.5. The summed E-state index contributed by atoms with van der Waals surface area (Å²) in [6.45, 7) is 6.81. The lowest BCUT2D eigenvalue weighted by Crippen LogP contribution is -2.62. The minimum Gasteiger partial charge on any atom is -0.481 e. The SMILES string of the molecule is C[C@H](CCC(=O)O)[C@H]1CC[C@H]2[C@@H]3C(O)CC4CC(N)CC[C@]4(C)[C@H]3CC(O)[C@]12C. The number of aliphatic carboxylic acids is 1. The van der Waals surface area contributed by atoms with E-state index in [-0.39, 0.29) is 47.3 Å². The summed E-state index contributed by atoms with van der Waals surface area (Å²) in [6, 6.07) is 0.251. The van der Waals surface area contributed by atoms with Crippen LogP contribution in [0.2, 0.25) is 0 Å². The molecule has 0 saturated heterocycles. The third kappa shape index (κ3) is 3.27. The molecule has 5 nitrogen and oxygen atoms in total. The summed E-state index contributed by atoms with van der Waals surface area (Å²) < 4.78 is 0. The topological polar surface area (TPSA) is 104 Å². The van der Waals surface area contributed by atoms with Gasteiger partial charge in [0.15, 0.2) is 0 Å². The number of carboxylic acids is 1. The molecule has 4 rings (SSSR count). The van der Waals surface area contributed by atoms with Crippen LogP contribution in [0.15, 0.2) is 0 Å². The Morgan fingerprint density at radius 2 is 1.83 bits per heavy atom. The van der Waals surface area contributed by atoms with Gasteiger partial charge in [-0.3, -0.25) is 4.79 Å². The van der Waals surface area contributed by atoms with Crippen LogP contribution in [0, 0.1) is 46.3 Å². The highest BCUT2D eigenvalue weighted by Crippen LogP contribution is 2.68. The monoisotopic (exact) mass is 407 g/mol. The van der Waals surface area contributed by atoms with E-state index in [1.165, 1.54) is 0 Å². The van der Waals surface area contributed by atoms with Crippen LogP contribution in [-0.2, 0) is 4.79 Å². The lowest BCUT2D eigenvalue weighted by atomic mass is 9.43. The first-order valence-corrected chi connectivity index (χ1v) is 11.9. The minimum absolute atomic E-state index is 0.176. The maximum Gasteiger partial charge on any atom is 0.303 e. The Hall–Kier alpha value is -0.650. The summed E-state index contributed by atoms with van der Waals surface area (Å²) in [4.78, 5) is 11.1. The van der Waals surface area contributed by atoms with Gasteiger partial charge in [0, 0.05) is 12.5 Å². The molecule has 0 heterocycles. The van der Waals surface area contributed by atoms with E-state index in [0.29, 0.717) is 30.1 Å². The first-order chi connectivity index (χ1) is 13.6. The largest absolute Gasteiger partial charge is 0.481 e. The molecule has 0 amide bonds. The quantitative estimate of drug-likeness (QED) is 0.572. The average molecular weight is 408 g/mol. The van der Waals surface area contributed by atoms with Gasteiger partial charge in [0.05, 0.1) is 12.2 Å². The van der Waals surface area contributed by atoms with Crippen molar-refractivity contribution in [2.75, 3.05) is 0 Å². The van der Waals surface area contributed by atoms with Crippen LogP contribution in [0.3, 0.4) is 0 Å². The van der Waals surface area contributed by atoms with Crippen molar-refractivity contribution >= 4 is 5.97 Å². The van der Waals surface area contributed by atoms with Gasteiger partial charge in [-0.1, -0.05) is 20.8 Å². The molecule has 0 aliphatic heterocycles. The number of fused-ring (bicyclic) bond motifs is 5. The van der Waals surface area contributed by atoms with Gasteiger partial charge >= 0.3 is 5.97 Å². The van der Waals surface area contributed by atoms with Crippen molar-refractivity contribution in [3.05, 3.63) is 0 Å². The summed E-state index contributed by atoms with van der Waals surface area (Å²) in [5.74, 6) is 1.30. The molecule has 4 aliphatic rings. The minimum atomic E-state index is -0.738. The van der Waals surface area contributed by atoms with Gasteiger partial charge in [0.25, 0.3) is 0 Å². The van der Waals surface area contributed by atoms with Gasteiger partial charge in [-0.05, 0) is 97.7 Å². The number of nitrogens with two attached hydrogens (primary N) is 1. The summed E-state index contributed by atoms with van der Waals surface area (Å²) in [5.41, 5.74) is 6.24. The van der Waals surface area contributed by atoms with Gasteiger partial charge in [-0.15, -0.1) is 0 Å². The van der Waals surface area contributed by atoms with Gasteiger partial charge in [-0.2, -0.15) is 0 Å². The number of aliphatic hydroxyl groups excluding tert-OH is 2. The molecule has 0 aromatic heterocycles. The van der Waals surface area contributed by atoms with E-state index in [2.05, 4.69) is 20.8 Å². The maximum atomic E-state index is 11.5. The van der Waals surface area contributed by atoms with Gasteiger partial charge < -0.3 is 21.1 Å². The molecular weight excluding hydrogens is 366 g/mol. The smallest absolute Gasteiger partial charge is 0.303 e. The normalized spacial score (nSPS) is 52.9. The molecule has 4 unspecified atom stereocenters. The molecular formula is C24H41NO4.